The molecule has 3 aromatic rings. The molecule has 2 heterocycles. The standard InChI is InChI=1S/C19H18IN3O4/c1-22(2)13-9-14(20)17-21-15(19(25)26-3)16(18(24)23(17)10-13)27-11-12-7-5-4-6-8-12/h4-10H,11H2,1-3H3. The summed E-state index contributed by atoms with van der Waals surface area (Å²) in [6.07, 6.45) is 1.67. The van der Waals surface area contributed by atoms with E-state index in [1.165, 1.54) is 11.5 Å². The molecule has 0 unspecified atom stereocenters. The second-order valence-electron chi connectivity index (χ2n) is 5.99. The van der Waals surface area contributed by atoms with Gasteiger partial charge in [0.05, 0.1) is 16.4 Å². The second-order valence-corrected chi connectivity index (χ2v) is 7.16. The van der Waals surface area contributed by atoms with Gasteiger partial charge in [-0.2, -0.15) is 0 Å². The third-order valence-corrected chi connectivity index (χ3v) is 4.74. The maximum absolute atomic E-state index is 13.1. The van der Waals surface area contributed by atoms with Crippen LogP contribution in [0.3, 0.4) is 0 Å². The van der Waals surface area contributed by atoms with Crippen molar-refractivity contribution in [2.75, 3.05) is 26.1 Å². The molecule has 27 heavy (non-hydrogen) atoms. The summed E-state index contributed by atoms with van der Waals surface area (Å²) in [5, 5.41) is 0. The van der Waals surface area contributed by atoms with Gasteiger partial charge in [-0.05, 0) is 34.2 Å². The normalized spacial score (nSPS) is 10.7. The Bertz CT molecular complexity index is 1050. The predicted octanol–water partition coefficient (Wildman–Crippen LogP) is 2.73. The van der Waals surface area contributed by atoms with Gasteiger partial charge in [-0.1, -0.05) is 30.3 Å². The average Bonchev–Trinajstić information content (AvgIpc) is 2.67. The second kappa shape index (κ2) is 7.95. The van der Waals surface area contributed by atoms with Crippen LogP contribution in [0.25, 0.3) is 5.65 Å². The van der Waals surface area contributed by atoms with E-state index < -0.39 is 11.5 Å². The van der Waals surface area contributed by atoms with Gasteiger partial charge in [0.15, 0.2) is 11.3 Å². The molecule has 2 aromatic heterocycles. The van der Waals surface area contributed by atoms with Crippen molar-refractivity contribution < 1.29 is 14.3 Å². The minimum Gasteiger partial charge on any atom is -0.481 e. The lowest BCUT2D eigenvalue weighted by atomic mass is 10.2. The van der Waals surface area contributed by atoms with Crippen molar-refractivity contribution in [3.63, 3.8) is 0 Å². The number of carbonyl (C=O) groups is 1. The first-order valence-corrected chi connectivity index (χ1v) is 9.18. The summed E-state index contributed by atoms with van der Waals surface area (Å²) < 4.78 is 12.6. The minimum atomic E-state index is -0.717. The lowest BCUT2D eigenvalue weighted by Gasteiger charge is -2.16. The molecular formula is C19H18IN3O4. The third kappa shape index (κ3) is 3.90. The number of carbonyl (C=O) groups excluding carboxylic acids is 1. The highest BCUT2D eigenvalue weighted by Gasteiger charge is 2.23. The Morgan fingerprint density at radius 3 is 2.59 bits per heavy atom. The highest BCUT2D eigenvalue weighted by atomic mass is 127. The molecular weight excluding hydrogens is 461 g/mol. The molecule has 0 fully saturated rings. The number of hydrogen-bond donors (Lipinski definition) is 0. The van der Waals surface area contributed by atoms with Crippen molar-refractivity contribution in [2.45, 2.75) is 6.61 Å². The van der Waals surface area contributed by atoms with Crippen LogP contribution < -0.4 is 15.2 Å². The number of esters is 1. The summed E-state index contributed by atoms with van der Waals surface area (Å²) in [7, 11) is 5.00. The molecule has 7 nitrogen and oxygen atoms in total. The number of ether oxygens (including phenoxy) is 2. The van der Waals surface area contributed by atoms with Gasteiger partial charge >= 0.3 is 11.5 Å². The minimum absolute atomic E-state index is 0.130. The predicted molar refractivity (Wildman–Crippen MR) is 111 cm³/mol. The fourth-order valence-corrected chi connectivity index (χ4v) is 3.21. The number of anilines is 1. The van der Waals surface area contributed by atoms with Crippen LogP contribution in [-0.4, -0.2) is 36.6 Å². The van der Waals surface area contributed by atoms with Crippen molar-refractivity contribution in [2.24, 2.45) is 0 Å². The van der Waals surface area contributed by atoms with Gasteiger partial charge in [-0.25, -0.2) is 9.78 Å². The number of halogens is 1. The van der Waals surface area contributed by atoms with Crippen LogP contribution in [-0.2, 0) is 11.3 Å². The molecule has 8 heteroatoms. The average molecular weight is 479 g/mol. The molecule has 0 spiro atoms. The van der Waals surface area contributed by atoms with E-state index in [4.69, 9.17) is 9.47 Å². The first kappa shape index (κ1) is 19.2. The van der Waals surface area contributed by atoms with Crippen LogP contribution in [0, 0.1) is 3.57 Å². The van der Waals surface area contributed by atoms with Crippen LogP contribution in [0.2, 0.25) is 0 Å². The van der Waals surface area contributed by atoms with E-state index in [2.05, 4.69) is 27.6 Å². The molecule has 0 saturated heterocycles. The summed E-state index contributed by atoms with van der Waals surface area (Å²) in [5.74, 6) is -0.847. The summed E-state index contributed by atoms with van der Waals surface area (Å²) in [4.78, 5) is 31.5. The van der Waals surface area contributed by atoms with Crippen LogP contribution in [0.1, 0.15) is 16.1 Å². The maximum atomic E-state index is 13.1. The third-order valence-electron chi connectivity index (χ3n) is 3.94. The van der Waals surface area contributed by atoms with Crippen molar-refractivity contribution in [3.8, 4) is 5.75 Å². The Hall–Kier alpha value is -2.62. The Balaban J connectivity index is 2.17. The molecule has 0 bridgehead atoms. The maximum Gasteiger partial charge on any atom is 0.360 e. The fourth-order valence-electron chi connectivity index (χ4n) is 2.51. The Morgan fingerprint density at radius 2 is 1.96 bits per heavy atom. The van der Waals surface area contributed by atoms with Crippen molar-refractivity contribution in [1.82, 2.24) is 9.38 Å². The van der Waals surface area contributed by atoms with Crippen molar-refractivity contribution in [1.29, 1.82) is 0 Å². The fraction of sp³-hybridized carbons (Fsp3) is 0.211. The van der Waals surface area contributed by atoms with Crippen LogP contribution in [0.5, 0.6) is 5.75 Å². The number of rotatable bonds is 5. The lowest BCUT2D eigenvalue weighted by Crippen LogP contribution is -2.24. The van der Waals surface area contributed by atoms with E-state index in [1.54, 1.807) is 6.20 Å². The lowest BCUT2D eigenvalue weighted by molar-refractivity contribution is 0.0588. The van der Waals surface area contributed by atoms with Gasteiger partial charge in [0.1, 0.15) is 6.61 Å². The first-order chi connectivity index (χ1) is 12.9. The van der Waals surface area contributed by atoms with Gasteiger partial charge < -0.3 is 14.4 Å². The molecule has 140 valence electrons. The summed E-state index contributed by atoms with van der Waals surface area (Å²) in [6.45, 7) is 0.137. The van der Waals surface area contributed by atoms with E-state index in [0.29, 0.717) is 5.65 Å². The number of benzene rings is 1. The van der Waals surface area contributed by atoms with Gasteiger partial charge in [0.25, 0.3) is 0 Å². The molecule has 0 aliphatic heterocycles. The molecule has 3 rings (SSSR count). The monoisotopic (exact) mass is 479 g/mol. The summed E-state index contributed by atoms with van der Waals surface area (Å²) in [6, 6.07) is 11.3. The van der Waals surface area contributed by atoms with E-state index in [0.717, 1.165) is 14.8 Å². The number of methoxy groups -OCH3 is 1. The zero-order chi connectivity index (χ0) is 19.6. The van der Waals surface area contributed by atoms with Crippen molar-refractivity contribution in [3.05, 3.63) is 67.8 Å². The van der Waals surface area contributed by atoms with E-state index in [-0.39, 0.29) is 18.1 Å². The Morgan fingerprint density at radius 1 is 1.26 bits per heavy atom. The summed E-state index contributed by atoms with van der Waals surface area (Å²) in [5.41, 5.74) is 1.48. The molecule has 0 radical (unpaired) electrons. The topological polar surface area (TPSA) is 73.1 Å². The van der Waals surface area contributed by atoms with Gasteiger partial charge in [0.2, 0.25) is 5.75 Å². The van der Waals surface area contributed by atoms with Gasteiger partial charge in [-0.3, -0.25) is 9.20 Å². The Kier molecular flexibility index (Phi) is 5.64. The number of hydrogen-bond acceptors (Lipinski definition) is 6. The number of pyridine rings is 1. The van der Waals surface area contributed by atoms with Crippen LogP contribution >= 0.6 is 22.6 Å². The quantitative estimate of drug-likeness (QED) is 0.414. The smallest absolute Gasteiger partial charge is 0.360 e. The molecule has 0 atom stereocenters. The van der Waals surface area contributed by atoms with Crippen molar-refractivity contribution >= 4 is 39.9 Å². The summed E-state index contributed by atoms with van der Waals surface area (Å²) >= 11 is 2.09. The number of fused-ring (bicyclic) bond motifs is 1. The first-order valence-electron chi connectivity index (χ1n) is 8.10. The zero-order valence-corrected chi connectivity index (χ0v) is 17.3. The molecule has 1 aromatic carbocycles. The largest absolute Gasteiger partial charge is 0.481 e. The van der Waals surface area contributed by atoms with Gasteiger partial charge in [-0.15, -0.1) is 0 Å². The molecule has 0 saturated carbocycles. The van der Waals surface area contributed by atoms with E-state index >= 15 is 0 Å². The molecule has 0 N–H and O–H groups in total. The van der Waals surface area contributed by atoms with Gasteiger partial charge in [0, 0.05) is 20.3 Å². The van der Waals surface area contributed by atoms with Crippen LogP contribution in [0.4, 0.5) is 5.69 Å². The van der Waals surface area contributed by atoms with E-state index in [9.17, 15) is 9.59 Å². The SMILES string of the molecule is COC(=O)c1nc2c(I)cc(N(C)C)cn2c(=O)c1OCc1ccccc1. The number of nitrogens with zero attached hydrogens (tertiary/aromatic N) is 3. The highest BCUT2D eigenvalue weighted by molar-refractivity contribution is 14.1. The Labute approximate surface area is 169 Å². The molecule has 0 amide bonds. The number of aromatic nitrogens is 2. The van der Waals surface area contributed by atoms with E-state index in [1.807, 2.05) is 55.4 Å². The zero-order valence-electron chi connectivity index (χ0n) is 15.1. The molecule has 0 aliphatic rings. The van der Waals surface area contributed by atoms with Crippen LogP contribution in [0.15, 0.2) is 47.4 Å². The molecule has 0 aliphatic carbocycles. The highest BCUT2D eigenvalue weighted by Crippen LogP contribution is 2.22.